The van der Waals surface area contributed by atoms with Gasteiger partial charge in [-0.1, -0.05) is 46.6 Å². The highest BCUT2D eigenvalue weighted by Crippen LogP contribution is 2.75. The summed E-state index contributed by atoms with van der Waals surface area (Å²) in [5.41, 5.74) is 3.97. The largest absolute Gasteiger partial charge is 0.482 e. The summed E-state index contributed by atoms with van der Waals surface area (Å²) in [7, 11) is 0. The number of nitrogens with zero attached hydrogens (tertiary/aromatic N) is 1. The standard InChI is InChI=1S/C26H24ClNO4/c1-15-2-4-16(5-3-15)22-10-24(28-32-22)26-12-25(13-26,14-26)11-20(30)23-9-19(29)18-8-17(27)6-7-21(18)31-23/h2-8,10,19,23,29H,9,11-14H2,1H3/t19-,23+,25?,26?/m1/s1. The highest BCUT2D eigenvalue weighted by atomic mass is 35.5. The molecule has 2 bridgehead atoms. The van der Waals surface area contributed by atoms with E-state index in [4.69, 9.17) is 20.9 Å². The normalized spacial score (nSPS) is 30.0. The zero-order valence-corrected chi connectivity index (χ0v) is 18.6. The van der Waals surface area contributed by atoms with Gasteiger partial charge in [-0.25, -0.2) is 0 Å². The number of hydrogen-bond donors (Lipinski definition) is 1. The monoisotopic (exact) mass is 449 g/mol. The molecule has 3 saturated carbocycles. The Morgan fingerprint density at radius 1 is 1.16 bits per heavy atom. The summed E-state index contributed by atoms with van der Waals surface area (Å²) in [6, 6.07) is 15.4. The van der Waals surface area contributed by atoms with Gasteiger partial charge >= 0.3 is 0 Å². The van der Waals surface area contributed by atoms with Crippen LogP contribution in [0.5, 0.6) is 5.75 Å². The molecule has 2 aromatic carbocycles. The summed E-state index contributed by atoms with van der Waals surface area (Å²) in [4.78, 5) is 13.0. The van der Waals surface area contributed by atoms with Crippen molar-refractivity contribution in [1.82, 2.24) is 5.16 Å². The topological polar surface area (TPSA) is 72.6 Å². The Morgan fingerprint density at radius 2 is 1.91 bits per heavy atom. The molecule has 4 aliphatic rings. The number of aliphatic hydroxyl groups excluding tert-OH is 1. The quantitative estimate of drug-likeness (QED) is 0.551. The first-order valence-electron chi connectivity index (χ1n) is 11.1. The molecule has 0 spiro atoms. The van der Waals surface area contributed by atoms with E-state index in [0.29, 0.717) is 22.8 Å². The van der Waals surface area contributed by atoms with Crippen molar-refractivity contribution in [3.63, 3.8) is 0 Å². The second kappa shape index (κ2) is 6.93. The third kappa shape index (κ3) is 3.10. The Bertz CT molecular complexity index is 1200. The minimum atomic E-state index is -0.735. The summed E-state index contributed by atoms with van der Waals surface area (Å²) in [6.45, 7) is 2.06. The maximum Gasteiger partial charge on any atom is 0.173 e. The first kappa shape index (κ1) is 20.0. The molecule has 2 atom stereocenters. The number of aryl methyl sites for hydroxylation is 1. The van der Waals surface area contributed by atoms with Crippen LogP contribution < -0.4 is 4.74 Å². The number of ether oxygens (including phenoxy) is 1. The first-order chi connectivity index (χ1) is 15.3. The minimum absolute atomic E-state index is 0.0364. The maximum atomic E-state index is 13.0. The zero-order valence-electron chi connectivity index (χ0n) is 17.8. The molecule has 2 heterocycles. The van der Waals surface area contributed by atoms with Crippen molar-refractivity contribution in [2.75, 3.05) is 0 Å². The number of Topliss-reactive ketones (excluding diaryl/α,β-unsaturated/α-hetero) is 1. The van der Waals surface area contributed by atoms with E-state index in [2.05, 4.69) is 30.3 Å². The Labute approximate surface area is 191 Å². The summed E-state index contributed by atoms with van der Waals surface area (Å²) in [5.74, 6) is 1.41. The van der Waals surface area contributed by atoms with E-state index in [0.717, 1.165) is 36.3 Å². The number of aromatic nitrogens is 1. The van der Waals surface area contributed by atoms with Crippen LogP contribution >= 0.6 is 11.6 Å². The second-order valence-electron chi connectivity index (χ2n) is 9.94. The molecule has 6 heteroatoms. The molecule has 3 fully saturated rings. The fourth-order valence-corrected chi connectivity index (χ4v) is 6.12. The lowest BCUT2D eigenvalue weighted by molar-refractivity contribution is -0.165. The summed E-state index contributed by atoms with van der Waals surface area (Å²) in [6.07, 6.45) is 2.27. The predicted molar refractivity (Wildman–Crippen MR) is 120 cm³/mol. The van der Waals surface area contributed by atoms with Gasteiger partial charge in [0.05, 0.1) is 11.8 Å². The third-order valence-electron chi connectivity index (χ3n) is 7.48. The van der Waals surface area contributed by atoms with Crippen molar-refractivity contribution < 1.29 is 19.2 Å². The van der Waals surface area contributed by atoms with E-state index in [1.165, 1.54) is 5.56 Å². The van der Waals surface area contributed by atoms with Gasteiger partial charge in [-0.15, -0.1) is 0 Å². The average Bonchev–Trinajstić information content (AvgIpc) is 3.20. The molecular formula is C26H24ClNO4. The molecule has 3 aliphatic carbocycles. The van der Waals surface area contributed by atoms with Crippen LogP contribution in [0.25, 0.3) is 11.3 Å². The number of aliphatic hydroxyl groups is 1. The molecular weight excluding hydrogens is 426 g/mol. The Kier molecular flexibility index (Phi) is 4.33. The number of ketones is 1. The average molecular weight is 450 g/mol. The third-order valence-corrected chi connectivity index (χ3v) is 7.71. The molecule has 3 aromatic rings. The number of hydrogen-bond acceptors (Lipinski definition) is 5. The Balaban J connectivity index is 1.10. The number of carbonyl (C=O) groups excluding carboxylic acids is 1. The van der Waals surface area contributed by atoms with Gasteiger partial charge in [0.2, 0.25) is 0 Å². The number of benzene rings is 2. The van der Waals surface area contributed by atoms with Crippen molar-refractivity contribution >= 4 is 17.4 Å². The minimum Gasteiger partial charge on any atom is -0.482 e. The number of rotatable bonds is 5. The van der Waals surface area contributed by atoms with E-state index in [1.54, 1.807) is 18.2 Å². The summed E-state index contributed by atoms with van der Waals surface area (Å²) < 4.78 is 11.6. The molecule has 0 saturated heterocycles. The molecule has 0 amide bonds. The highest BCUT2D eigenvalue weighted by Gasteiger charge is 2.69. The zero-order chi connectivity index (χ0) is 22.1. The van der Waals surface area contributed by atoms with E-state index in [9.17, 15) is 9.90 Å². The highest BCUT2D eigenvalue weighted by molar-refractivity contribution is 6.30. The molecule has 1 aliphatic heterocycles. The van der Waals surface area contributed by atoms with Crippen molar-refractivity contribution in [2.45, 2.75) is 56.7 Å². The van der Waals surface area contributed by atoms with Crippen LogP contribution in [0.2, 0.25) is 5.02 Å². The van der Waals surface area contributed by atoms with Crippen molar-refractivity contribution in [2.24, 2.45) is 5.41 Å². The lowest BCUT2D eigenvalue weighted by Crippen LogP contribution is -2.65. The fourth-order valence-electron chi connectivity index (χ4n) is 5.94. The number of carbonyl (C=O) groups is 1. The van der Waals surface area contributed by atoms with Gasteiger partial charge in [-0.2, -0.15) is 0 Å². The van der Waals surface area contributed by atoms with Crippen LogP contribution in [0, 0.1) is 12.3 Å². The van der Waals surface area contributed by atoms with Gasteiger partial charge in [0.15, 0.2) is 17.6 Å². The Morgan fingerprint density at radius 3 is 2.66 bits per heavy atom. The number of halogens is 1. The molecule has 1 N–H and O–H groups in total. The molecule has 32 heavy (non-hydrogen) atoms. The van der Waals surface area contributed by atoms with Crippen molar-refractivity contribution in [3.05, 3.63) is 70.4 Å². The molecule has 1 aromatic heterocycles. The van der Waals surface area contributed by atoms with Gasteiger partial charge in [0.25, 0.3) is 0 Å². The molecule has 164 valence electrons. The van der Waals surface area contributed by atoms with E-state index >= 15 is 0 Å². The second-order valence-corrected chi connectivity index (χ2v) is 10.4. The lowest BCUT2D eigenvalue weighted by atomic mass is 9.33. The van der Waals surface area contributed by atoms with Crippen LogP contribution in [-0.2, 0) is 10.2 Å². The van der Waals surface area contributed by atoms with Crippen molar-refractivity contribution in [1.29, 1.82) is 0 Å². The van der Waals surface area contributed by atoms with Crippen LogP contribution in [-0.4, -0.2) is 22.2 Å². The summed E-state index contributed by atoms with van der Waals surface area (Å²) >= 11 is 6.02. The Hall–Kier alpha value is -2.63. The number of fused-ring (bicyclic) bond motifs is 1. The first-order valence-corrected chi connectivity index (χ1v) is 11.4. The van der Waals surface area contributed by atoms with Crippen molar-refractivity contribution in [3.8, 4) is 17.1 Å². The maximum absolute atomic E-state index is 13.0. The van der Waals surface area contributed by atoms with Crippen LogP contribution in [0.15, 0.2) is 53.1 Å². The molecule has 5 nitrogen and oxygen atoms in total. The van der Waals surface area contributed by atoms with Crippen LogP contribution in [0.1, 0.15) is 55.0 Å². The molecule has 7 rings (SSSR count). The SMILES string of the molecule is Cc1ccc(-c2cc(C34CC(CC(=O)[C@@H]5C[C@@H](O)c6cc(Cl)ccc6O5)(C3)C4)no2)cc1. The van der Waals surface area contributed by atoms with E-state index in [1.807, 2.05) is 12.1 Å². The smallest absolute Gasteiger partial charge is 0.173 e. The fraction of sp³-hybridized carbons (Fsp3) is 0.385. The van der Waals surface area contributed by atoms with Crippen LogP contribution in [0.3, 0.4) is 0 Å². The molecule has 0 radical (unpaired) electrons. The van der Waals surface area contributed by atoms with E-state index in [-0.39, 0.29) is 23.0 Å². The van der Waals surface area contributed by atoms with Gasteiger partial charge < -0.3 is 14.4 Å². The van der Waals surface area contributed by atoms with E-state index < -0.39 is 12.2 Å². The van der Waals surface area contributed by atoms with Gasteiger partial charge in [0, 0.05) is 40.5 Å². The van der Waals surface area contributed by atoms with Gasteiger partial charge in [0.1, 0.15) is 5.75 Å². The predicted octanol–water partition coefficient (Wildman–Crippen LogP) is 5.57. The van der Waals surface area contributed by atoms with Crippen LogP contribution in [0.4, 0.5) is 0 Å². The van der Waals surface area contributed by atoms with Gasteiger partial charge in [-0.3, -0.25) is 4.79 Å². The molecule has 0 unspecified atom stereocenters. The van der Waals surface area contributed by atoms with Gasteiger partial charge in [-0.05, 0) is 49.8 Å². The summed E-state index contributed by atoms with van der Waals surface area (Å²) in [5, 5.41) is 15.4. The lowest BCUT2D eigenvalue weighted by Gasteiger charge is -2.70.